The minimum absolute atomic E-state index is 0.273. The van der Waals surface area contributed by atoms with E-state index in [-0.39, 0.29) is 5.91 Å². The molecule has 0 saturated carbocycles. The van der Waals surface area contributed by atoms with Crippen molar-refractivity contribution in [3.05, 3.63) is 64.7 Å². The molecular formula is C22H22ClN3O3S2. The van der Waals surface area contributed by atoms with Crippen molar-refractivity contribution in [2.75, 3.05) is 18.2 Å². The fourth-order valence-electron chi connectivity index (χ4n) is 2.48. The molecule has 3 rings (SSSR count). The summed E-state index contributed by atoms with van der Waals surface area (Å²) in [6.07, 6.45) is 4.21. The molecule has 162 valence electrons. The molecule has 0 saturated heterocycles. The van der Waals surface area contributed by atoms with Gasteiger partial charge >= 0.3 is 0 Å². The van der Waals surface area contributed by atoms with Crippen LogP contribution in [0.25, 0.3) is 6.08 Å². The van der Waals surface area contributed by atoms with Gasteiger partial charge in [0.05, 0.1) is 7.11 Å². The minimum atomic E-state index is -0.273. The van der Waals surface area contributed by atoms with Crippen LogP contribution in [-0.4, -0.2) is 29.0 Å². The summed E-state index contributed by atoms with van der Waals surface area (Å²) in [6, 6.07) is 12.9. The molecule has 1 N–H and O–H groups in total. The fourth-order valence-corrected chi connectivity index (χ4v) is 4.28. The maximum absolute atomic E-state index is 12.2. The molecule has 0 aliphatic heterocycles. The van der Waals surface area contributed by atoms with E-state index in [9.17, 15) is 4.79 Å². The largest absolute Gasteiger partial charge is 0.493 e. The van der Waals surface area contributed by atoms with Crippen molar-refractivity contribution in [3.63, 3.8) is 0 Å². The number of aromatic nitrogens is 2. The number of methoxy groups -OCH3 is 1. The van der Waals surface area contributed by atoms with Gasteiger partial charge in [0, 0.05) is 16.9 Å². The van der Waals surface area contributed by atoms with Crippen LogP contribution in [-0.2, 0) is 11.4 Å². The minimum Gasteiger partial charge on any atom is -0.493 e. The summed E-state index contributed by atoms with van der Waals surface area (Å²) < 4.78 is 12.1. The Kier molecular flexibility index (Phi) is 8.75. The molecule has 1 heterocycles. The lowest BCUT2D eigenvalue weighted by Gasteiger charge is -2.11. The average Bonchev–Trinajstić information content (AvgIpc) is 3.23. The number of carbonyl (C=O) groups is 1. The number of ether oxygens (including phenoxy) is 2. The van der Waals surface area contributed by atoms with E-state index in [0.29, 0.717) is 28.3 Å². The lowest BCUT2D eigenvalue weighted by Crippen LogP contribution is -2.07. The number of rotatable bonds is 10. The van der Waals surface area contributed by atoms with E-state index in [1.807, 2.05) is 42.5 Å². The van der Waals surface area contributed by atoms with Gasteiger partial charge in [-0.3, -0.25) is 10.1 Å². The first-order valence-electron chi connectivity index (χ1n) is 9.58. The molecule has 0 atom stereocenters. The first-order valence-corrected chi connectivity index (χ1v) is 11.8. The van der Waals surface area contributed by atoms with Crippen LogP contribution >= 0.6 is 34.7 Å². The maximum Gasteiger partial charge on any atom is 0.250 e. The standard InChI is InChI=1S/C22H22ClN3O3S2/c1-3-12-30-22-26-25-21(31-22)24-20(27)11-7-15-6-10-18(19(13-15)28-2)29-14-16-4-8-17(23)9-5-16/h4-11,13H,3,12,14H2,1-2H3,(H,24,25,27)/b11-7+. The predicted octanol–water partition coefficient (Wildman–Crippen LogP) is 5.93. The third-order valence-corrected chi connectivity index (χ3v) is 6.42. The number of hydrogen-bond donors (Lipinski definition) is 1. The molecule has 1 amide bonds. The quantitative estimate of drug-likeness (QED) is 0.222. The second kappa shape index (κ2) is 11.7. The molecule has 0 fully saturated rings. The number of benzene rings is 2. The van der Waals surface area contributed by atoms with Crippen LogP contribution in [0.2, 0.25) is 5.02 Å². The summed E-state index contributed by atoms with van der Waals surface area (Å²) in [5, 5.41) is 11.9. The van der Waals surface area contributed by atoms with Crippen molar-refractivity contribution in [3.8, 4) is 11.5 Å². The van der Waals surface area contributed by atoms with Gasteiger partial charge in [-0.25, -0.2) is 0 Å². The highest BCUT2D eigenvalue weighted by Gasteiger charge is 2.08. The Bertz CT molecular complexity index is 1040. The normalized spacial score (nSPS) is 10.9. The number of halogens is 1. The Morgan fingerprint density at radius 1 is 1.19 bits per heavy atom. The highest BCUT2D eigenvalue weighted by molar-refractivity contribution is 8.01. The number of amides is 1. The zero-order chi connectivity index (χ0) is 22.1. The third-order valence-electron chi connectivity index (χ3n) is 3.99. The molecule has 2 aromatic carbocycles. The molecule has 6 nitrogen and oxygen atoms in total. The van der Waals surface area contributed by atoms with Crippen LogP contribution in [0.3, 0.4) is 0 Å². The van der Waals surface area contributed by atoms with E-state index in [2.05, 4.69) is 22.4 Å². The summed E-state index contributed by atoms with van der Waals surface area (Å²) in [7, 11) is 1.58. The predicted molar refractivity (Wildman–Crippen MR) is 127 cm³/mol. The van der Waals surface area contributed by atoms with E-state index < -0.39 is 0 Å². The molecule has 0 aliphatic rings. The van der Waals surface area contributed by atoms with Gasteiger partial charge < -0.3 is 9.47 Å². The van der Waals surface area contributed by atoms with Crippen LogP contribution in [0.4, 0.5) is 5.13 Å². The smallest absolute Gasteiger partial charge is 0.250 e. The maximum atomic E-state index is 12.2. The number of anilines is 1. The van der Waals surface area contributed by atoms with Gasteiger partial charge in [-0.05, 0) is 47.9 Å². The Balaban J connectivity index is 1.58. The van der Waals surface area contributed by atoms with Crippen molar-refractivity contribution in [1.29, 1.82) is 0 Å². The number of hydrogen-bond acceptors (Lipinski definition) is 7. The van der Waals surface area contributed by atoms with Crippen LogP contribution < -0.4 is 14.8 Å². The highest BCUT2D eigenvalue weighted by Crippen LogP contribution is 2.30. The van der Waals surface area contributed by atoms with Crippen molar-refractivity contribution in [2.45, 2.75) is 24.3 Å². The number of nitrogens with one attached hydrogen (secondary N) is 1. The van der Waals surface area contributed by atoms with E-state index in [1.165, 1.54) is 17.4 Å². The Morgan fingerprint density at radius 3 is 2.74 bits per heavy atom. The fraction of sp³-hybridized carbons (Fsp3) is 0.227. The average molecular weight is 476 g/mol. The van der Waals surface area contributed by atoms with E-state index in [0.717, 1.165) is 27.6 Å². The van der Waals surface area contributed by atoms with E-state index in [4.69, 9.17) is 21.1 Å². The summed E-state index contributed by atoms with van der Waals surface area (Å²) in [4.78, 5) is 12.2. The molecular weight excluding hydrogens is 454 g/mol. The zero-order valence-electron chi connectivity index (χ0n) is 17.1. The second-order valence-electron chi connectivity index (χ2n) is 6.37. The molecule has 31 heavy (non-hydrogen) atoms. The van der Waals surface area contributed by atoms with Gasteiger partial charge in [-0.1, -0.05) is 59.8 Å². The third kappa shape index (κ3) is 7.27. The van der Waals surface area contributed by atoms with Crippen molar-refractivity contribution in [1.82, 2.24) is 10.2 Å². The molecule has 1 aromatic heterocycles. The Labute approximate surface area is 194 Å². The van der Waals surface area contributed by atoms with Crippen molar-refractivity contribution in [2.24, 2.45) is 0 Å². The summed E-state index contributed by atoms with van der Waals surface area (Å²) in [5.74, 6) is 1.90. The van der Waals surface area contributed by atoms with Crippen LogP contribution in [0.1, 0.15) is 24.5 Å². The molecule has 0 unspecified atom stereocenters. The SMILES string of the molecule is CCCSc1nnc(NC(=O)/C=C/c2ccc(OCc3ccc(Cl)cc3)c(OC)c2)s1. The number of carbonyl (C=O) groups excluding carboxylic acids is 1. The van der Waals surface area contributed by atoms with Crippen LogP contribution in [0, 0.1) is 0 Å². The van der Waals surface area contributed by atoms with Gasteiger partial charge in [0.15, 0.2) is 15.8 Å². The number of thioether (sulfide) groups is 1. The number of nitrogens with zero attached hydrogens (tertiary/aromatic N) is 2. The van der Waals surface area contributed by atoms with Gasteiger partial charge in [-0.15, -0.1) is 10.2 Å². The topological polar surface area (TPSA) is 73.3 Å². The van der Waals surface area contributed by atoms with Gasteiger partial charge in [0.25, 0.3) is 0 Å². The van der Waals surface area contributed by atoms with Gasteiger partial charge in [0.2, 0.25) is 11.0 Å². The Morgan fingerprint density at radius 2 is 2.00 bits per heavy atom. The lowest BCUT2D eigenvalue weighted by molar-refractivity contribution is -0.111. The first-order chi connectivity index (χ1) is 15.1. The van der Waals surface area contributed by atoms with E-state index in [1.54, 1.807) is 24.9 Å². The lowest BCUT2D eigenvalue weighted by atomic mass is 10.2. The van der Waals surface area contributed by atoms with Crippen molar-refractivity contribution >= 4 is 51.8 Å². The Hall–Kier alpha value is -2.55. The molecule has 9 heteroatoms. The molecule has 0 spiro atoms. The zero-order valence-corrected chi connectivity index (χ0v) is 19.5. The van der Waals surface area contributed by atoms with Crippen molar-refractivity contribution < 1.29 is 14.3 Å². The summed E-state index contributed by atoms with van der Waals surface area (Å²) >= 11 is 8.91. The first kappa shape index (κ1) is 23.1. The summed E-state index contributed by atoms with van der Waals surface area (Å²) in [6.45, 7) is 2.50. The van der Waals surface area contributed by atoms with Crippen LogP contribution in [0.5, 0.6) is 11.5 Å². The van der Waals surface area contributed by atoms with Gasteiger partial charge in [-0.2, -0.15) is 0 Å². The van der Waals surface area contributed by atoms with E-state index >= 15 is 0 Å². The molecule has 0 bridgehead atoms. The summed E-state index contributed by atoms with van der Waals surface area (Å²) in [5.41, 5.74) is 1.81. The molecule has 0 aliphatic carbocycles. The molecule has 3 aromatic rings. The van der Waals surface area contributed by atoms with Gasteiger partial charge in [0.1, 0.15) is 6.61 Å². The monoisotopic (exact) mass is 475 g/mol. The molecule has 0 radical (unpaired) electrons. The highest BCUT2D eigenvalue weighted by atomic mass is 35.5. The second-order valence-corrected chi connectivity index (χ2v) is 9.13. The van der Waals surface area contributed by atoms with Crippen LogP contribution in [0.15, 0.2) is 52.9 Å².